The number of amides is 2. The van der Waals surface area contributed by atoms with Crippen molar-refractivity contribution in [3.63, 3.8) is 0 Å². The lowest BCUT2D eigenvalue weighted by Gasteiger charge is -2.10. The Bertz CT molecular complexity index is 957. The summed E-state index contributed by atoms with van der Waals surface area (Å²) in [5.41, 5.74) is 4.03. The van der Waals surface area contributed by atoms with Crippen LogP contribution in [0.1, 0.15) is 22.8 Å². The summed E-state index contributed by atoms with van der Waals surface area (Å²) in [7, 11) is 3.10. The van der Waals surface area contributed by atoms with Crippen molar-refractivity contribution in [1.82, 2.24) is 10.7 Å². The van der Waals surface area contributed by atoms with Gasteiger partial charge >= 0.3 is 0 Å². The molecule has 9 nitrogen and oxygen atoms in total. The average Bonchev–Trinajstić information content (AvgIpc) is 3.23. The molecule has 1 aliphatic heterocycles. The molecule has 29 heavy (non-hydrogen) atoms. The van der Waals surface area contributed by atoms with E-state index in [-0.39, 0.29) is 13.3 Å². The lowest BCUT2D eigenvalue weighted by molar-refractivity contribution is -0.120. The Labute approximate surface area is 167 Å². The Morgan fingerprint density at radius 1 is 1.07 bits per heavy atom. The first-order valence-corrected chi connectivity index (χ1v) is 8.75. The van der Waals surface area contributed by atoms with E-state index in [1.54, 1.807) is 50.4 Å². The Morgan fingerprint density at radius 2 is 1.86 bits per heavy atom. The second kappa shape index (κ2) is 8.96. The summed E-state index contributed by atoms with van der Waals surface area (Å²) >= 11 is 0. The summed E-state index contributed by atoms with van der Waals surface area (Å²) < 4.78 is 20.9. The van der Waals surface area contributed by atoms with Crippen molar-refractivity contribution in [2.45, 2.75) is 6.92 Å². The molecule has 0 spiro atoms. The predicted octanol–water partition coefficient (Wildman–Crippen LogP) is 1.70. The fraction of sp³-hybridized carbons (Fsp3) is 0.250. The van der Waals surface area contributed by atoms with E-state index < -0.39 is 11.8 Å². The van der Waals surface area contributed by atoms with E-state index in [2.05, 4.69) is 15.8 Å². The van der Waals surface area contributed by atoms with Gasteiger partial charge in [-0.3, -0.25) is 9.59 Å². The lowest BCUT2D eigenvalue weighted by Crippen LogP contribution is -2.35. The van der Waals surface area contributed by atoms with E-state index in [9.17, 15) is 9.59 Å². The van der Waals surface area contributed by atoms with Crippen LogP contribution in [0.5, 0.6) is 23.0 Å². The molecule has 0 unspecified atom stereocenters. The second-order valence-corrected chi connectivity index (χ2v) is 6.05. The number of rotatable bonds is 7. The Balaban J connectivity index is 1.56. The maximum absolute atomic E-state index is 12.2. The monoisotopic (exact) mass is 399 g/mol. The fourth-order valence-corrected chi connectivity index (χ4v) is 2.64. The minimum atomic E-state index is -0.467. The second-order valence-electron chi connectivity index (χ2n) is 6.05. The quantitative estimate of drug-likeness (QED) is 0.542. The summed E-state index contributed by atoms with van der Waals surface area (Å²) in [4.78, 5) is 24.2. The van der Waals surface area contributed by atoms with Crippen molar-refractivity contribution in [3.8, 4) is 23.0 Å². The summed E-state index contributed by atoms with van der Waals surface area (Å²) in [6, 6.07) is 10.1. The molecule has 1 heterocycles. The average molecular weight is 399 g/mol. The molecule has 0 fully saturated rings. The van der Waals surface area contributed by atoms with E-state index in [1.165, 1.54) is 7.11 Å². The van der Waals surface area contributed by atoms with Gasteiger partial charge in [0.05, 0.1) is 26.5 Å². The number of hydrogen-bond acceptors (Lipinski definition) is 7. The van der Waals surface area contributed by atoms with Crippen LogP contribution >= 0.6 is 0 Å². The van der Waals surface area contributed by atoms with Gasteiger partial charge in [-0.1, -0.05) is 0 Å². The molecule has 2 aromatic rings. The van der Waals surface area contributed by atoms with Crippen LogP contribution in [0.3, 0.4) is 0 Å². The van der Waals surface area contributed by atoms with E-state index in [0.717, 1.165) is 0 Å². The van der Waals surface area contributed by atoms with E-state index in [0.29, 0.717) is 39.8 Å². The van der Waals surface area contributed by atoms with Crippen LogP contribution in [0.4, 0.5) is 0 Å². The highest BCUT2D eigenvalue weighted by molar-refractivity contribution is 6.02. The third-order valence-electron chi connectivity index (χ3n) is 4.19. The van der Waals surface area contributed by atoms with Crippen molar-refractivity contribution in [1.29, 1.82) is 0 Å². The minimum Gasteiger partial charge on any atom is -0.497 e. The molecule has 2 amide bonds. The molecule has 0 radical (unpaired) electrons. The Morgan fingerprint density at radius 3 is 2.62 bits per heavy atom. The van der Waals surface area contributed by atoms with Gasteiger partial charge in [-0.15, -0.1) is 0 Å². The number of hydrogen-bond donors (Lipinski definition) is 2. The largest absolute Gasteiger partial charge is 0.497 e. The third-order valence-corrected chi connectivity index (χ3v) is 4.19. The zero-order valence-electron chi connectivity index (χ0n) is 16.3. The SMILES string of the molecule is COc1ccc(C(C)=NNC(=O)CNC(=O)c2ccc3c(c2)OCO3)c(OC)c1. The molecule has 0 bridgehead atoms. The van der Waals surface area contributed by atoms with E-state index in [4.69, 9.17) is 18.9 Å². The van der Waals surface area contributed by atoms with Crippen LogP contribution in [0.2, 0.25) is 0 Å². The third kappa shape index (κ3) is 4.75. The van der Waals surface area contributed by atoms with Crippen molar-refractivity contribution in [2.24, 2.45) is 5.10 Å². The van der Waals surface area contributed by atoms with Crippen LogP contribution in [0.15, 0.2) is 41.5 Å². The molecule has 0 atom stereocenters. The van der Waals surface area contributed by atoms with Gasteiger partial charge in [0.1, 0.15) is 11.5 Å². The number of fused-ring (bicyclic) bond motifs is 1. The summed E-state index contributed by atoms with van der Waals surface area (Å²) in [5.74, 6) is 1.42. The lowest BCUT2D eigenvalue weighted by atomic mass is 10.1. The first kappa shape index (κ1) is 20.0. The van der Waals surface area contributed by atoms with Crippen molar-refractivity contribution < 1.29 is 28.5 Å². The van der Waals surface area contributed by atoms with Crippen molar-refractivity contribution in [2.75, 3.05) is 27.6 Å². The number of ether oxygens (including phenoxy) is 4. The normalized spacial score (nSPS) is 12.3. The van der Waals surface area contributed by atoms with Crippen LogP contribution < -0.4 is 29.7 Å². The molecule has 0 aromatic heterocycles. The zero-order chi connectivity index (χ0) is 20.8. The maximum atomic E-state index is 12.2. The molecule has 0 aliphatic carbocycles. The molecule has 1 aliphatic rings. The van der Waals surface area contributed by atoms with Gasteiger partial charge in [0.15, 0.2) is 11.5 Å². The molecule has 0 saturated heterocycles. The topological polar surface area (TPSA) is 107 Å². The Kier molecular flexibility index (Phi) is 6.18. The van der Waals surface area contributed by atoms with Crippen LogP contribution in [-0.2, 0) is 4.79 Å². The van der Waals surface area contributed by atoms with Crippen molar-refractivity contribution in [3.05, 3.63) is 47.5 Å². The number of carbonyl (C=O) groups is 2. The standard InChI is InChI=1S/C20H21N3O6/c1-12(15-6-5-14(26-2)9-17(15)27-3)22-23-19(24)10-21-20(25)13-4-7-16-18(8-13)29-11-28-16/h4-9H,10-11H2,1-3H3,(H,21,25)(H,23,24). The molecular weight excluding hydrogens is 378 g/mol. The Hall–Kier alpha value is -3.75. The molecule has 0 saturated carbocycles. The number of carbonyl (C=O) groups excluding carboxylic acids is 2. The van der Waals surface area contributed by atoms with Gasteiger partial charge in [0.2, 0.25) is 6.79 Å². The number of methoxy groups -OCH3 is 2. The molecule has 3 rings (SSSR count). The number of benzene rings is 2. The van der Waals surface area contributed by atoms with Crippen molar-refractivity contribution >= 4 is 17.5 Å². The highest BCUT2D eigenvalue weighted by Gasteiger charge is 2.16. The molecule has 9 heteroatoms. The highest BCUT2D eigenvalue weighted by atomic mass is 16.7. The van der Waals surface area contributed by atoms with Gasteiger partial charge in [-0.2, -0.15) is 5.10 Å². The smallest absolute Gasteiger partial charge is 0.259 e. The summed E-state index contributed by atoms with van der Waals surface area (Å²) in [6.07, 6.45) is 0. The molecule has 2 N–H and O–H groups in total. The van der Waals surface area contributed by atoms with E-state index >= 15 is 0 Å². The number of nitrogens with one attached hydrogen (secondary N) is 2. The molecule has 2 aromatic carbocycles. The fourth-order valence-electron chi connectivity index (χ4n) is 2.64. The highest BCUT2D eigenvalue weighted by Crippen LogP contribution is 2.32. The molecular formula is C20H21N3O6. The molecule has 152 valence electrons. The van der Waals surface area contributed by atoms with Gasteiger partial charge in [-0.25, -0.2) is 5.43 Å². The number of hydrazone groups is 1. The first-order valence-electron chi connectivity index (χ1n) is 8.75. The van der Waals surface area contributed by atoms with Gasteiger partial charge < -0.3 is 24.3 Å². The van der Waals surface area contributed by atoms with Crippen LogP contribution in [0, 0.1) is 0 Å². The van der Waals surface area contributed by atoms with Crippen LogP contribution in [0.25, 0.3) is 0 Å². The predicted molar refractivity (Wildman–Crippen MR) is 105 cm³/mol. The minimum absolute atomic E-state index is 0.124. The number of nitrogens with zero attached hydrogens (tertiary/aromatic N) is 1. The summed E-state index contributed by atoms with van der Waals surface area (Å²) in [5, 5.41) is 6.60. The van der Waals surface area contributed by atoms with E-state index in [1.807, 2.05) is 0 Å². The van der Waals surface area contributed by atoms with Gasteiger partial charge in [-0.05, 0) is 37.3 Å². The summed E-state index contributed by atoms with van der Waals surface area (Å²) in [6.45, 7) is 1.62. The van der Waals surface area contributed by atoms with Gasteiger partial charge in [0, 0.05) is 17.2 Å². The first-order chi connectivity index (χ1) is 14.0. The zero-order valence-corrected chi connectivity index (χ0v) is 16.3. The van der Waals surface area contributed by atoms with Gasteiger partial charge in [0.25, 0.3) is 11.8 Å². The maximum Gasteiger partial charge on any atom is 0.259 e. The van der Waals surface area contributed by atoms with Crippen LogP contribution in [-0.4, -0.2) is 45.1 Å².